The Morgan fingerprint density at radius 3 is 2.52 bits per heavy atom. The number of ether oxygens (including phenoxy) is 1. The fraction of sp³-hybridized carbons (Fsp3) is 0.467. The van der Waals surface area contributed by atoms with E-state index >= 15 is 0 Å². The van der Waals surface area contributed by atoms with Gasteiger partial charge in [-0.3, -0.25) is 0 Å². The Balaban J connectivity index is 2.37. The second-order valence-corrected chi connectivity index (χ2v) is 5.99. The summed E-state index contributed by atoms with van der Waals surface area (Å²) in [4.78, 5) is 11.5. The van der Waals surface area contributed by atoms with Crippen molar-refractivity contribution in [1.29, 1.82) is 5.26 Å². The van der Waals surface area contributed by atoms with Crippen molar-refractivity contribution in [2.75, 3.05) is 11.9 Å². The van der Waals surface area contributed by atoms with Gasteiger partial charge in [0.05, 0.1) is 6.07 Å². The number of carbonyl (C=O) groups is 1. The first-order valence-corrected chi connectivity index (χ1v) is 7.06. The lowest BCUT2D eigenvalue weighted by Crippen LogP contribution is -2.34. The highest BCUT2D eigenvalue weighted by molar-refractivity contribution is 6.30. The Labute approximate surface area is 130 Å². The van der Waals surface area contributed by atoms with Crippen LogP contribution in [-0.4, -0.2) is 24.3 Å². The summed E-state index contributed by atoms with van der Waals surface area (Å²) in [6.07, 6.45) is -0.0102. The molecular weight excluding hydrogens is 290 g/mol. The third-order valence-corrected chi connectivity index (χ3v) is 2.69. The summed E-state index contributed by atoms with van der Waals surface area (Å²) in [6.45, 7) is 5.75. The number of nitriles is 1. The number of nitrogens with one attached hydrogen (secondary N) is 2. The maximum Gasteiger partial charge on any atom is 0.407 e. The molecule has 0 aliphatic rings. The Kier molecular flexibility index (Phi) is 6.32. The maximum absolute atomic E-state index is 11.5. The van der Waals surface area contributed by atoms with E-state index in [1.165, 1.54) is 0 Å². The van der Waals surface area contributed by atoms with Gasteiger partial charge in [0, 0.05) is 17.3 Å². The molecular formula is C15H20ClN3O2. The Hall–Kier alpha value is -1.93. The van der Waals surface area contributed by atoms with Crippen LogP contribution in [0, 0.1) is 11.3 Å². The lowest BCUT2D eigenvalue weighted by atomic mass is 10.2. The Morgan fingerprint density at radius 1 is 1.38 bits per heavy atom. The zero-order chi connectivity index (χ0) is 15.9. The molecule has 0 saturated carbocycles. The van der Waals surface area contributed by atoms with Crippen molar-refractivity contribution in [2.45, 2.75) is 38.8 Å². The zero-order valence-corrected chi connectivity index (χ0v) is 13.2. The minimum atomic E-state index is -0.528. The van der Waals surface area contributed by atoms with Gasteiger partial charge in [0.25, 0.3) is 0 Å². The summed E-state index contributed by atoms with van der Waals surface area (Å²) in [5.41, 5.74) is 0.281. The number of amides is 1. The molecule has 0 spiro atoms. The van der Waals surface area contributed by atoms with Gasteiger partial charge < -0.3 is 15.4 Å². The lowest BCUT2D eigenvalue weighted by molar-refractivity contribution is 0.0527. The third-order valence-electron chi connectivity index (χ3n) is 2.44. The van der Waals surface area contributed by atoms with Crippen LogP contribution in [0.25, 0.3) is 0 Å². The van der Waals surface area contributed by atoms with Crippen molar-refractivity contribution in [3.8, 4) is 6.07 Å². The summed E-state index contributed by atoms with van der Waals surface area (Å²) in [7, 11) is 0. The molecule has 0 radical (unpaired) electrons. The molecule has 0 heterocycles. The van der Waals surface area contributed by atoms with E-state index in [1.807, 2.05) is 0 Å². The highest BCUT2D eigenvalue weighted by Gasteiger charge is 2.16. The molecule has 1 aromatic rings. The molecule has 1 amide bonds. The maximum atomic E-state index is 11.5. The quantitative estimate of drug-likeness (QED) is 0.872. The van der Waals surface area contributed by atoms with E-state index in [2.05, 4.69) is 16.7 Å². The van der Waals surface area contributed by atoms with Crippen molar-refractivity contribution in [1.82, 2.24) is 5.32 Å². The first-order valence-electron chi connectivity index (χ1n) is 6.69. The van der Waals surface area contributed by atoms with Crippen LogP contribution in [0.1, 0.15) is 27.2 Å². The summed E-state index contributed by atoms with van der Waals surface area (Å²) in [5.74, 6) is 0. The van der Waals surface area contributed by atoms with Gasteiger partial charge >= 0.3 is 6.09 Å². The molecule has 0 saturated heterocycles. The largest absolute Gasteiger partial charge is 0.444 e. The van der Waals surface area contributed by atoms with Crippen LogP contribution >= 0.6 is 11.6 Å². The van der Waals surface area contributed by atoms with E-state index in [0.29, 0.717) is 18.0 Å². The van der Waals surface area contributed by atoms with Crippen molar-refractivity contribution in [3.63, 3.8) is 0 Å². The number of hydrogen-bond donors (Lipinski definition) is 2. The number of benzene rings is 1. The minimum Gasteiger partial charge on any atom is -0.444 e. The van der Waals surface area contributed by atoms with Crippen LogP contribution in [0.4, 0.5) is 10.5 Å². The molecule has 5 nitrogen and oxygen atoms in total. The molecule has 6 heteroatoms. The summed E-state index contributed by atoms with van der Waals surface area (Å²) in [6, 6.07) is 8.84. The topological polar surface area (TPSA) is 74.1 Å². The number of rotatable bonds is 5. The minimum absolute atomic E-state index is 0.355. The second-order valence-electron chi connectivity index (χ2n) is 5.55. The van der Waals surface area contributed by atoms with Gasteiger partial charge in [-0.25, -0.2) is 4.79 Å². The van der Waals surface area contributed by atoms with Gasteiger partial charge in [-0.2, -0.15) is 5.26 Å². The average Bonchev–Trinajstić information content (AvgIpc) is 2.38. The molecule has 2 N–H and O–H groups in total. The Bertz CT molecular complexity index is 503. The van der Waals surface area contributed by atoms with E-state index in [0.717, 1.165) is 5.69 Å². The SMILES string of the molecule is CC(C)(C)OC(=O)NCCC(C#N)Nc1ccc(Cl)cc1. The average molecular weight is 310 g/mol. The monoisotopic (exact) mass is 309 g/mol. The first kappa shape index (κ1) is 17.1. The molecule has 1 atom stereocenters. The van der Waals surface area contributed by atoms with Gasteiger partial charge in [-0.1, -0.05) is 11.6 Å². The first-order chi connectivity index (χ1) is 9.80. The predicted molar refractivity (Wildman–Crippen MR) is 83.3 cm³/mol. The molecule has 0 fully saturated rings. The van der Waals surface area contributed by atoms with E-state index in [9.17, 15) is 4.79 Å². The van der Waals surface area contributed by atoms with Crippen LogP contribution in [0.15, 0.2) is 24.3 Å². The molecule has 1 rings (SSSR count). The number of hydrogen-bond acceptors (Lipinski definition) is 4. The number of alkyl carbamates (subject to hydrolysis) is 1. The molecule has 0 aliphatic heterocycles. The van der Waals surface area contributed by atoms with Gasteiger partial charge in [0.15, 0.2) is 0 Å². The van der Waals surface area contributed by atoms with E-state index in [1.54, 1.807) is 45.0 Å². The van der Waals surface area contributed by atoms with Crippen molar-refractivity contribution >= 4 is 23.4 Å². The molecule has 0 aliphatic carbocycles. The smallest absolute Gasteiger partial charge is 0.407 e. The van der Waals surface area contributed by atoms with E-state index in [-0.39, 0.29) is 0 Å². The van der Waals surface area contributed by atoms with Crippen LogP contribution in [0.5, 0.6) is 0 Å². The number of anilines is 1. The van der Waals surface area contributed by atoms with Crippen LogP contribution in [0.3, 0.4) is 0 Å². The predicted octanol–water partition coefficient (Wildman–Crippen LogP) is 3.56. The Morgan fingerprint density at radius 2 is 2.00 bits per heavy atom. The van der Waals surface area contributed by atoms with Gasteiger partial charge in [0.2, 0.25) is 0 Å². The second kappa shape index (κ2) is 7.75. The van der Waals surface area contributed by atoms with Crippen LogP contribution in [0.2, 0.25) is 5.02 Å². The highest BCUT2D eigenvalue weighted by atomic mass is 35.5. The molecule has 0 aromatic heterocycles. The molecule has 114 valence electrons. The zero-order valence-electron chi connectivity index (χ0n) is 12.4. The molecule has 1 unspecified atom stereocenters. The van der Waals surface area contributed by atoms with Crippen LogP contribution in [-0.2, 0) is 4.74 Å². The summed E-state index contributed by atoms with van der Waals surface area (Å²) >= 11 is 5.80. The van der Waals surface area contributed by atoms with Gasteiger partial charge in [-0.05, 0) is 51.5 Å². The van der Waals surface area contributed by atoms with Crippen molar-refractivity contribution < 1.29 is 9.53 Å². The third kappa shape index (κ3) is 7.42. The normalized spacial score (nSPS) is 12.1. The van der Waals surface area contributed by atoms with Crippen LogP contribution < -0.4 is 10.6 Å². The van der Waals surface area contributed by atoms with Gasteiger partial charge in [0.1, 0.15) is 11.6 Å². The summed E-state index contributed by atoms with van der Waals surface area (Å²) < 4.78 is 5.12. The van der Waals surface area contributed by atoms with Crippen molar-refractivity contribution in [3.05, 3.63) is 29.3 Å². The molecule has 1 aromatic carbocycles. The fourth-order valence-corrected chi connectivity index (χ4v) is 1.68. The number of halogens is 1. The van der Waals surface area contributed by atoms with E-state index in [4.69, 9.17) is 21.6 Å². The van der Waals surface area contributed by atoms with Crippen molar-refractivity contribution in [2.24, 2.45) is 0 Å². The molecule has 0 bridgehead atoms. The standard InChI is InChI=1S/C15H20ClN3O2/c1-15(2,3)21-14(20)18-9-8-13(10-17)19-12-6-4-11(16)5-7-12/h4-7,13,19H,8-9H2,1-3H3,(H,18,20). The highest BCUT2D eigenvalue weighted by Crippen LogP contribution is 2.14. The molecule has 21 heavy (non-hydrogen) atoms. The lowest BCUT2D eigenvalue weighted by Gasteiger charge is -2.20. The fourth-order valence-electron chi connectivity index (χ4n) is 1.55. The van der Waals surface area contributed by atoms with Gasteiger partial charge in [-0.15, -0.1) is 0 Å². The van der Waals surface area contributed by atoms with E-state index < -0.39 is 17.7 Å². The number of carbonyl (C=O) groups excluding carboxylic acids is 1. The summed E-state index contributed by atoms with van der Waals surface area (Å²) in [5, 5.41) is 15.4. The number of nitrogens with zero attached hydrogens (tertiary/aromatic N) is 1.